The summed E-state index contributed by atoms with van der Waals surface area (Å²) in [7, 11) is -4.20. The summed E-state index contributed by atoms with van der Waals surface area (Å²) in [6.07, 6.45) is 2.11. The van der Waals surface area contributed by atoms with Gasteiger partial charge in [-0.05, 0) is 84.6 Å². The second kappa shape index (κ2) is 13.3. The number of rotatable bonds is 12. The summed E-state index contributed by atoms with van der Waals surface area (Å²) in [5, 5.41) is 0.371. The fourth-order valence-electron chi connectivity index (χ4n) is 2.97. The lowest BCUT2D eigenvalue weighted by Gasteiger charge is -2.27. The molecule has 1 atom stereocenters. The van der Waals surface area contributed by atoms with E-state index < -0.39 is 27.3 Å². The Morgan fingerprint density at radius 2 is 1.63 bits per heavy atom. The van der Waals surface area contributed by atoms with Gasteiger partial charge in [0.05, 0.1) is 18.0 Å². The molecule has 0 aromatic heterocycles. The topological polar surface area (TPSA) is 99.2 Å². The summed E-state index contributed by atoms with van der Waals surface area (Å²) >= 11 is 5.87. The van der Waals surface area contributed by atoms with Crippen molar-refractivity contribution in [3.05, 3.63) is 41.9 Å². The first kappa shape index (κ1) is 30.9. The Morgan fingerprint density at radius 1 is 1.06 bits per heavy atom. The van der Waals surface area contributed by atoms with Crippen LogP contribution >= 0.6 is 11.6 Å². The van der Waals surface area contributed by atoms with E-state index in [9.17, 15) is 18.0 Å². The van der Waals surface area contributed by atoms with Crippen LogP contribution in [0.4, 0.5) is 4.79 Å². The molecule has 1 amide bonds. The number of benzene rings is 1. The first-order chi connectivity index (χ1) is 16.0. The van der Waals surface area contributed by atoms with Gasteiger partial charge >= 0.3 is 12.1 Å². The Balaban J connectivity index is 2.83. The van der Waals surface area contributed by atoms with Crippen molar-refractivity contribution in [2.75, 3.05) is 19.8 Å². The third kappa shape index (κ3) is 11.9. The molecule has 1 aromatic carbocycles. The number of amides is 1. The van der Waals surface area contributed by atoms with Gasteiger partial charge in [0.25, 0.3) is 10.0 Å². The van der Waals surface area contributed by atoms with Crippen LogP contribution in [-0.4, -0.2) is 55.7 Å². The van der Waals surface area contributed by atoms with Gasteiger partial charge in [-0.3, -0.25) is 4.79 Å². The maximum atomic E-state index is 13.2. The van der Waals surface area contributed by atoms with Gasteiger partial charge in [0.1, 0.15) is 11.2 Å². The number of ether oxygens (including phenoxy) is 3. The van der Waals surface area contributed by atoms with Crippen LogP contribution in [0.2, 0.25) is 5.02 Å². The minimum absolute atomic E-state index is 0.0112. The number of carbonyl (C=O) groups is 2. The Kier molecular flexibility index (Phi) is 11.7. The first-order valence-corrected chi connectivity index (χ1v) is 13.3. The average Bonchev–Trinajstić information content (AvgIpc) is 2.69. The Morgan fingerprint density at radius 3 is 2.14 bits per heavy atom. The highest BCUT2D eigenvalue weighted by molar-refractivity contribution is 7.89. The standard InChI is InChI=1S/C25H38ClNO7S/c1-8-9-19(10-15-22(28)33-24(2,3)4)18-32-17-16-27(23(29)34-25(5,6)7)35(30,31)21-13-11-20(26)12-14-21/h8,11-14,19H,1,9-10,15-18H2,2-7H3. The van der Waals surface area contributed by atoms with E-state index in [1.165, 1.54) is 24.3 Å². The van der Waals surface area contributed by atoms with Crippen LogP contribution < -0.4 is 0 Å². The molecule has 0 N–H and O–H groups in total. The van der Waals surface area contributed by atoms with Crippen LogP contribution in [0.5, 0.6) is 0 Å². The van der Waals surface area contributed by atoms with Crippen LogP contribution in [0.1, 0.15) is 60.8 Å². The molecule has 1 rings (SSSR count). The summed E-state index contributed by atoms with van der Waals surface area (Å²) in [6, 6.07) is 5.52. The maximum Gasteiger partial charge on any atom is 0.424 e. The smallest absolute Gasteiger partial charge is 0.424 e. The van der Waals surface area contributed by atoms with Gasteiger partial charge in [0.2, 0.25) is 0 Å². The van der Waals surface area contributed by atoms with Crippen LogP contribution in [-0.2, 0) is 29.0 Å². The van der Waals surface area contributed by atoms with E-state index in [1.54, 1.807) is 26.8 Å². The molecular formula is C25H38ClNO7S. The zero-order chi connectivity index (χ0) is 26.9. The zero-order valence-corrected chi connectivity index (χ0v) is 23.1. The highest BCUT2D eigenvalue weighted by atomic mass is 35.5. The molecule has 0 radical (unpaired) electrons. The molecule has 35 heavy (non-hydrogen) atoms. The number of hydrogen-bond acceptors (Lipinski definition) is 7. The molecule has 0 aliphatic carbocycles. The molecule has 1 unspecified atom stereocenters. The van der Waals surface area contributed by atoms with Crippen molar-refractivity contribution < 1.29 is 32.2 Å². The summed E-state index contributed by atoms with van der Waals surface area (Å²) < 4.78 is 43.3. The Labute approximate surface area is 214 Å². The van der Waals surface area contributed by atoms with E-state index in [4.69, 9.17) is 25.8 Å². The van der Waals surface area contributed by atoms with E-state index in [1.807, 2.05) is 20.8 Å². The zero-order valence-electron chi connectivity index (χ0n) is 21.5. The van der Waals surface area contributed by atoms with Gasteiger partial charge in [-0.25, -0.2) is 13.2 Å². The second-order valence-electron chi connectivity index (χ2n) is 10.1. The van der Waals surface area contributed by atoms with Crippen molar-refractivity contribution in [3.8, 4) is 0 Å². The predicted molar refractivity (Wildman–Crippen MR) is 136 cm³/mol. The van der Waals surface area contributed by atoms with Crippen molar-refractivity contribution >= 4 is 33.7 Å². The van der Waals surface area contributed by atoms with Gasteiger partial charge in [-0.15, -0.1) is 6.58 Å². The van der Waals surface area contributed by atoms with Crippen LogP contribution in [0.3, 0.4) is 0 Å². The summed E-state index contributed by atoms with van der Waals surface area (Å²) in [6.45, 7) is 14.1. The minimum atomic E-state index is -4.20. The highest BCUT2D eigenvalue weighted by Crippen LogP contribution is 2.21. The Bertz CT molecular complexity index is 948. The van der Waals surface area contributed by atoms with E-state index in [2.05, 4.69) is 6.58 Å². The van der Waals surface area contributed by atoms with Gasteiger partial charge in [-0.1, -0.05) is 17.7 Å². The Hall–Kier alpha value is -2.10. The molecule has 0 bridgehead atoms. The molecule has 0 spiro atoms. The predicted octanol–water partition coefficient (Wildman–Crippen LogP) is 5.60. The molecule has 1 aromatic rings. The van der Waals surface area contributed by atoms with Crippen LogP contribution in [0.25, 0.3) is 0 Å². The lowest BCUT2D eigenvalue weighted by atomic mass is 10.0. The van der Waals surface area contributed by atoms with Crippen molar-refractivity contribution in [1.82, 2.24) is 4.31 Å². The van der Waals surface area contributed by atoms with Crippen molar-refractivity contribution in [2.24, 2.45) is 5.92 Å². The monoisotopic (exact) mass is 531 g/mol. The first-order valence-electron chi connectivity index (χ1n) is 11.5. The second-order valence-corrected chi connectivity index (χ2v) is 12.4. The molecule has 10 heteroatoms. The highest BCUT2D eigenvalue weighted by Gasteiger charge is 2.33. The van der Waals surface area contributed by atoms with E-state index >= 15 is 0 Å². The molecule has 198 valence electrons. The summed E-state index contributed by atoms with van der Waals surface area (Å²) in [4.78, 5) is 24.7. The largest absolute Gasteiger partial charge is 0.460 e. The number of halogens is 1. The number of esters is 1. The molecule has 0 saturated heterocycles. The quantitative estimate of drug-likeness (QED) is 0.197. The van der Waals surface area contributed by atoms with Crippen molar-refractivity contribution in [3.63, 3.8) is 0 Å². The van der Waals surface area contributed by atoms with Crippen molar-refractivity contribution in [2.45, 2.75) is 76.9 Å². The fourth-order valence-corrected chi connectivity index (χ4v) is 4.38. The van der Waals surface area contributed by atoms with Gasteiger partial charge < -0.3 is 14.2 Å². The third-order valence-electron chi connectivity index (χ3n) is 4.47. The summed E-state index contributed by atoms with van der Waals surface area (Å²) in [5.74, 6) is -0.306. The van der Waals surface area contributed by atoms with Gasteiger partial charge in [-0.2, -0.15) is 4.31 Å². The van der Waals surface area contributed by atoms with E-state index in [0.29, 0.717) is 22.2 Å². The van der Waals surface area contributed by atoms with E-state index in [-0.39, 0.29) is 43.0 Å². The van der Waals surface area contributed by atoms with E-state index in [0.717, 1.165) is 0 Å². The number of nitrogens with zero attached hydrogens (tertiary/aromatic N) is 1. The molecule has 0 fully saturated rings. The van der Waals surface area contributed by atoms with Crippen LogP contribution in [0, 0.1) is 5.92 Å². The normalized spacial score (nSPS) is 13.1. The molecule has 0 heterocycles. The molecule has 0 aliphatic heterocycles. The lowest BCUT2D eigenvalue weighted by Crippen LogP contribution is -2.42. The number of allylic oxidation sites excluding steroid dienone is 1. The van der Waals surface area contributed by atoms with Crippen LogP contribution in [0.15, 0.2) is 41.8 Å². The van der Waals surface area contributed by atoms with Crippen molar-refractivity contribution in [1.29, 1.82) is 0 Å². The molecule has 8 nitrogen and oxygen atoms in total. The molecule has 0 aliphatic rings. The van der Waals surface area contributed by atoms with Gasteiger partial charge in [0, 0.05) is 18.1 Å². The minimum Gasteiger partial charge on any atom is -0.460 e. The maximum absolute atomic E-state index is 13.2. The lowest BCUT2D eigenvalue weighted by molar-refractivity contribution is -0.155. The van der Waals surface area contributed by atoms with Gasteiger partial charge in [0.15, 0.2) is 0 Å². The number of hydrogen-bond donors (Lipinski definition) is 0. The fraction of sp³-hybridized carbons (Fsp3) is 0.600. The molecular weight excluding hydrogens is 494 g/mol. The average molecular weight is 532 g/mol. The summed E-state index contributed by atoms with van der Waals surface area (Å²) in [5.41, 5.74) is -1.44. The number of sulfonamides is 1. The SMILES string of the molecule is C=CCC(CCC(=O)OC(C)(C)C)COCCN(C(=O)OC(C)(C)C)S(=O)(=O)c1ccc(Cl)cc1. The molecule has 0 saturated carbocycles. The number of carbonyl (C=O) groups excluding carboxylic acids is 2. The third-order valence-corrected chi connectivity index (χ3v) is 6.50.